The van der Waals surface area contributed by atoms with E-state index < -0.39 is 0 Å². The molecule has 1 N–H and O–H groups in total. The molecule has 2 aliphatic heterocycles. The van der Waals surface area contributed by atoms with E-state index in [1.165, 1.54) is 0 Å². The smallest absolute Gasteiger partial charge is 0.223 e. The van der Waals surface area contributed by atoms with E-state index in [1.807, 2.05) is 29.3 Å². The SMILES string of the molecule is O=C(NC1CC1)C1CCN(CCC(=O)N2CCN(c3ccccn3)CC2)CC1. The highest BCUT2D eigenvalue weighted by atomic mass is 16.2. The Morgan fingerprint density at radius 2 is 1.75 bits per heavy atom. The van der Waals surface area contributed by atoms with Gasteiger partial charge in [-0.15, -0.1) is 0 Å². The molecule has 0 bridgehead atoms. The summed E-state index contributed by atoms with van der Waals surface area (Å²) in [5.74, 6) is 1.63. The number of amides is 2. The van der Waals surface area contributed by atoms with Crippen LogP contribution in [-0.2, 0) is 9.59 Å². The fourth-order valence-electron chi connectivity index (χ4n) is 4.10. The first kappa shape index (κ1) is 19.2. The number of anilines is 1. The Kier molecular flexibility index (Phi) is 6.10. The third kappa shape index (κ3) is 5.01. The molecule has 2 amide bonds. The molecule has 152 valence electrons. The van der Waals surface area contributed by atoms with Crippen LogP contribution in [0.25, 0.3) is 0 Å². The average Bonchev–Trinajstić information content (AvgIpc) is 3.57. The normalized spacial score (nSPS) is 21.6. The lowest BCUT2D eigenvalue weighted by molar-refractivity contribution is -0.132. The molecular weight excluding hydrogens is 354 g/mol. The van der Waals surface area contributed by atoms with E-state index in [-0.39, 0.29) is 17.7 Å². The molecule has 3 aliphatic rings. The second-order valence-electron chi connectivity index (χ2n) is 8.20. The van der Waals surface area contributed by atoms with Gasteiger partial charge in [-0.1, -0.05) is 6.07 Å². The molecule has 1 aromatic rings. The number of nitrogens with zero attached hydrogens (tertiary/aromatic N) is 4. The van der Waals surface area contributed by atoms with Gasteiger partial charge < -0.3 is 20.0 Å². The zero-order valence-corrected chi connectivity index (χ0v) is 16.6. The van der Waals surface area contributed by atoms with Crippen LogP contribution in [0.1, 0.15) is 32.1 Å². The third-order valence-corrected chi connectivity index (χ3v) is 6.13. The van der Waals surface area contributed by atoms with Gasteiger partial charge in [0, 0.05) is 57.3 Å². The highest BCUT2D eigenvalue weighted by molar-refractivity contribution is 5.79. The van der Waals surface area contributed by atoms with Crippen molar-refractivity contribution in [3.8, 4) is 0 Å². The molecule has 7 heteroatoms. The summed E-state index contributed by atoms with van der Waals surface area (Å²) in [6.07, 6.45) is 6.49. The number of nitrogens with one attached hydrogen (secondary N) is 1. The van der Waals surface area contributed by atoms with Crippen molar-refractivity contribution in [3.63, 3.8) is 0 Å². The van der Waals surface area contributed by atoms with Crippen molar-refractivity contribution >= 4 is 17.6 Å². The predicted octanol–water partition coefficient (Wildman–Crippen LogP) is 1.11. The Balaban J connectivity index is 1.14. The Bertz CT molecular complexity index is 663. The van der Waals surface area contributed by atoms with E-state index in [0.29, 0.717) is 12.5 Å². The maximum Gasteiger partial charge on any atom is 0.223 e. The van der Waals surface area contributed by atoms with Gasteiger partial charge in [0.15, 0.2) is 0 Å². The van der Waals surface area contributed by atoms with Gasteiger partial charge in [0.25, 0.3) is 0 Å². The minimum absolute atomic E-state index is 0.159. The summed E-state index contributed by atoms with van der Waals surface area (Å²) in [5, 5.41) is 3.12. The van der Waals surface area contributed by atoms with E-state index in [9.17, 15) is 9.59 Å². The molecule has 28 heavy (non-hydrogen) atoms. The van der Waals surface area contributed by atoms with Crippen LogP contribution in [0.4, 0.5) is 5.82 Å². The molecule has 0 spiro atoms. The minimum Gasteiger partial charge on any atom is -0.353 e. The Morgan fingerprint density at radius 1 is 1.00 bits per heavy atom. The molecular formula is C21H31N5O2. The first-order valence-electron chi connectivity index (χ1n) is 10.7. The highest BCUT2D eigenvalue weighted by Gasteiger charge is 2.30. The average molecular weight is 386 g/mol. The molecule has 1 aliphatic carbocycles. The standard InChI is InChI=1S/C21H31N5O2/c27-20(26-15-13-25(14-16-26)19-3-1-2-9-22-19)8-12-24-10-6-17(7-11-24)21(28)23-18-4-5-18/h1-3,9,17-18H,4-8,10-16H2,(H,23,28). The van der Waals surface area contributed by atoms with Crippen LogP contribution >= 0.6 is 0 Å². The summed E-state index contributed by atoms with van der Waals surface area (Å²) in [5.41, 5.74) is 0. The maximum atomic E-state index is 12.6. The van der Waals surface area contributed by atoms with Crippen molar-refractivity contribution in [2.24, 2.45) is 5.92 Å². The van der Waals surface area contributed by atoms with E-state index >= 15 is 0 Å². The van der Waals surface area contributed by atoms with E-state index in [4.69, 9.17) is 0 Å². The molecule has 2 saturated heterocycles. The van der Waals surface area contributed by atoms with Gasteiger partial charge in [0.2, 0.25) is 11.8 Å². The van der Waals surface area contributed by atoms with Gasteiger partial charge in [0.05, 0.1) is 0 Å². The number of carbonyl (C=O) groups is 2. The highest BCUT2D eigenvalue weighted by Crippen LogP contribution is 2.23. The monoisotopic (exact) mass is 385 g/mol. The Hall–Kier alpha value is -2.15. The lowest BCUT2D eigenvalue weighted by atomic mass is 9.95. The minimum atomic E-state index is 0.159. The van der Waals surface area contributed by atoms with E-state index in [1.54, 1.807) is 0 Å². The Labute approximate surface area is 167 Å². The van der Waals surface area contributed by atoms with Crippen LogP contribution in [0.2, 0.25) is 0 Å². The first-order valence-corrected chi connectivity index (χ1v) is 10.7. The maximum absolute atomic E-state index is 12.6. The number of rotatable bonds is 6. The van der Waals surface area contributed by atoms with E-state index in [2.05, 4.69) is 20.1 Å². The topological polar surface area (TPSA) is 68.8 Å². The summed E-state index contributed by atoms with van der Waals surface area (Å²) in [4.78, 5) is 35.7. The van der Waals surface area contributed by atoms with Gasteiger partial charge in [-0.25, -0.2) is 4.98 Å². The van der Waals surface area contributed by atoms with Crippen molar-refractivity contribution in [3.05, 3.63) is 24.4 Å². The number of likely N-dealkylation sites (tertiary alicyclic amines) is 1. The number of carbonyl (C=O) groups excluding carboxylic acids is 2. The molecule has 0 unspecified atom stereocenters. The van der Waals surface area contributed by atoms with Crippen LogP contribution < -0.4 is 10.2 Å². The van der Waals surface area contributed by atoms with Crippen molar-refractivity contribution in [1.29, 1.82) is 0 Å². The van der Waals surface area contributed by atoms with Crippen molar-refractivity contribution in [1.82, 2.24) is 20.1 Å². The van der Waals surface area contributed by atoms with Gasteiger partial charge in [0.1, 0.15) is 5.82 Å². The lowest BCUT2D eigenvalue weighted by Gasteiger charge is -2.36. The van der Waals surface area contributed by atoms with Crippen LogP contribution in [0.3, 0.4) is 0 Å². The van der Waals surface area contributed by atoms with Crippen LogP contribution in [0, 0.1) is 5.92 Å². The lowest BCUT2D eigenvalue weighted by Crippen LogP contribution is -2.49. The fourth-order valence-corrected chi connectivity index (χ4v) is 4.10. The summed E-state index contributed by atoms with van der Waals surface area (Å²) in [7, 11) is 0. The van der Waals surface area contributed by atoms with Crippen LogP contribution in [0.15, 0.2) is 24.4 Å². The number of piperidine rings is 1. The largest absolute Gasteiger partial charge is 0.353 e. The van der Waals surface area contributed by atoms with Crippen LogP contribution in [-0.4, -0.2) is 78.5 Å². The Morgan fingerprint density at radius 3 is 2.39 bits per heavy atom. The second-order valence-corrected chi connectivity index (χ2v) is 8.20. The van der Waals surface area contributed by atoms with Gasteiger partial charge >= 0.3 is 0 Å². The molecule has 0 radical (unpaired) electrons. The van der Waals surface area contributed by atoms with Crippen LogP contribution in [0.5, 0.6) is 0 Å². The zero-order chi connectivity index (χ0) is 19.3. The number of aromatic nitrogens is 1. The van der Waals surface area contributed by atoms with E-state index in [0.717, 1.165) is 77.3 Å². The number of hydrogen-bond acceptors (Lipinski definition) is 5. The van der Waals surface area contributed by atoms with Crippen molar-refractivity contribution in [2.75, 3.05) is 50.7 Å². The quantitative estimate of drug-likeness (QED) is 0.795. The molecule has 1 aromatic heterocycles. The van der Waals surface area contributed by atoms with Gasteiger partial charge in [-0.3, -0.25) is 9.59 Å². The number of hydrogen-bond donors (Lipinski definition) is 1. The van der Waals surface area contributed by atoms with Crippen molar-refractivity contribution in [2.45, 2.75) is 38.1 Å². The number of pyridine rings is 1. The fraction of sp³-hybridized carbons (Fsp3) is 0.667. The summed E-state index contributed by atoms with van der Waals surface area (Å²) in [6.45, 7) is 5.84. The molecule has 0 aromatic carbocycles. The number of piperazine rings is 1. The molecule has 0 atom stereocenters. The summed E-state index contributed by atoms with van der Waals surface area (Å²) < 4.78 is 0. The van der Waals surface area contributed by atoms with Gasteiger partial charge in [-0.05, 0) is 50.9 Å². The summed E-state index contributed by atoms with van der Waals surface area (Å²) in [6, 6.07) is 6.39. The molecule has 3 fully saturated rings. The second kappa shape index (κ2) is 8.90. The van der Waals surface area contributed by atoms with Gasteiger partial charge in [-0.2, -0.15) is 0 Å². The molecule has 7 nitrogen and oxygen atoms in total. The molecule has 3 heterocycles. The molecule has 1 saturated carbocycles. The predicted molar refractivity (Wildman–Crippen MR) is 108 cm³/mol. The first-order chi connectivity index (χ1) is 13.7. The third-order valence-electron chi connectivity index (χ3n) is 6.13. The summed E-state index contributed by atoms with van der Waals surface area (Å²) >= 11 is 0. The van der Waals surface area contributed by atoms with Crippen molar-refractivity contribution < 1.29 is 9.59 Å². The molecule has 4 rings (SSSR count). The zero-order valence-electron chi connectivity index (χ0n) is 16.6.